The second-order valence-corrected chi connectivity index (χ2v) is 21.5. The molecular formula is C47H80Cl2N2O4. The van der Waals surface area contributed by atoms with Crippen LogP contribution in [0.25, 0.3) is 0 Å². The Bertz CT molecular complexity index is 1350. The molecule has 0 aromatic rings. The highest BCUT2D eigenvalue weighted by atomic mass is 35.5. The predicted octanol–water partition coefficient (Wildman–Crippen LogP) is 1.85. The summed E-state index contributed by atoms with van der Waals surface area (Å²) >= 11 is 0. The van der Waals surface area contributed by atoms with Crippen LogP contribution in [0.3, 0.4) is 0 Å². The summed E-state index contributed by atoms with van der Waals surface area (Å²) in [6.45, 7) is 25.1. The Labute approximate surface area is 348 Å². The topological polar surface area (TPSA) is 73.7 Å². The molecule has 55 heavy (non-hydrogen) atoms. The van der Waals surface area contributed by atoms with E-state index in [1.54, 1.807) is 4.90 Å². The molecule has 0 radical (unpaired) electrons. The first-order valence-corrected chi connectivity index (χ1v) is 22.9. The van der Waals surface area contributed by atoms with Gasteiger partial charge in [-0.2, -0.15) is 0 Å². The quantitative estimate of drug-likeness (QED) is 0.247. The molecule has 5 saturated carbocycles. The van der Waals surface area contributed by atoms with Gasteiger partial charge < -0.3 is 44.5 Å². The molecule has 0 amide bonds. The zero-order chi connectivity index (χ0) is 37.6. The van der Waals surface area contributed by atoms with E-state index >= 15 is 0 Å². The number of halogens is 2. The number of allylic oxidation sites excluding steroid dienone is 1. The molecule has 5 aliphatic carbocycles. The Morgan fingerprint density at radius 2 is 1.53 bits per heavy atom. The Balaban J connectivity index is 0.00000290. The fraction of sp³-hybridized carbons (Fsp3) is 0.915. The van der Waals surface area contributed by atoms with E-state index in [9.17, 15) is 9.59 Å². The number of hydrogen-bond donors (Lipinski definition) is 2. The largest absolute Gasteiger partial charge is 1.00 e. The molecule has 5 unspecified atom stereocenters. The van der Waals surface area contributed by atoms with E-state index in [2.05, 4.69) is 53.4 Å². The summed E-state index contributed by atoms with van der Waals surface area (Å²) in [5.74, 6) is 3.07. The Kier molecular flexibility index (Phi) is 14.7. The number of quaternary nitrogens is 2. The fourth-order valence-corrected chi connectivity index (χ4v) is 15.6. The van der Waals surface area contributed by atoms with Gasteiger partial charge >= 0.3 is 11.9 Å². The van der Waals surface area contributed by atoms with Gasteiger partial charge in [0, 0.05) is 17.3 Å². The van der Waals surface area contributed by atoms with Gasteiger partial charge in [-0.1, -0.05) is 46.8 Å². The molecule has 2 saturated heterocycles. The third-order valence-corrected chi connectivity index (χ3v) is 18.7. The Morgan fingerprint density at radius 3 is 2.24 bits per heavy atom. The van der Waals surface area contributed by atoms with Crippen molar-refractivity contribution < 1.29 is 54.1 Å². The lowest BCUT2D eigenvalue weighted by Gasteiger charge is -2.73. The van der Waals surface area contributed by atoms with Gasteiger partial charge in [0.1, 0.15) is 6.10 Å². The van der Waals surface area contributed by atoms with Crippen molar-refractivity contribution in [2.45, 2.75) is 182 Å². The van der Waals surface area contributed by atoms with E-state index in [4.69, 9.17) is 9.47 Å². The number of fused-ring (bicyclic) bond motifs is 7. The number of rotatable bonds is 11. The summed E-state index contributed by atoms with van der Waals surface area (Å²) in [5, 5.41) is 2.50. The van der Waals surface area contributed by atoms with Gasteiger partial charge in [0.05, 0.1) is 45.2 Å². The summed E-state index contributed by atoms with van der Waals surface area (Å²) in [4.78, 5) is 28.1. The summed E-state index contributed by atoms with van der Waals surface area (Å²) in [5.41, 5.74) is 2.24. The lowest BCUT2D eigenvalue weighted by molar-refractivity contribution is -0.904. The minimum absolute atomic E-state index is 0. The number of ether oxygens (including phenoxy) is 2. The van der Waals surface area contributed by atoms with E-state index in [0.717, 1.165) is 25.8 Å². The van der Waals surface area contributed by atoms with Crippen molar-refractivity contribution in [3.63, 3.8) is 0 Å². The molecular weight excluding hydrogens is 727 g/mol. The Hall–Kier alpha value is -0.820. The maximum atomic E-state index is 13.3. The van der Waals surface area contributed by atoms with Crippen LogP contribution in [-0.4, -0.2) is 56.9 Å². The average Bonchev–Trinajstić information content (AvgIpc) is 3.53. The van der Waals surface area contributed by atoms with Crippen LogP contribution in [0.4, 0.5) is 0 Å². The maximum Gasteiger partial charge on any atom is 0.311 e. The van der Waals surface area contributed by atoms with Gasteiger partial charge in [-0.25, -0.2) is 0 Å². The molecule has 7 fully saturated rings. The summed E-state index contributed by atoms with van der Waals surface area (Å²) in [7, 11) is 0. The molecule has 7 aliphatic rings. The summed E-state index contributed by atoms with van der Waals surface area (Å²) in [6.07, 6.45) is 23.3. The van der Waals surface area contributed by atoms with Gasteiger partial charge in [0.15, 0.2) is 0 Å². The number of carbonyl (C=O) groups is 2. The lowest BCUT2D eigenvalue weighted by Crippen LogP contribution is -3.12. The van der Waals surface area contributed by atoms with E-state index in [1.807, 2.05) is 0 Å². The fourth-order valence-electron chi connectivity index (χ4n) is 15.6. The van der Waals surface area contributed by atoms with Crippen molar-refractivity contribution >= 4 is 11.9 Å². The SMILES string of the molecule is C=C(C)[C@@H]1CC[C@]2(COC(=O)CCCC3CCCC[NH2+]3)CC[C@]3(C)C(CCC4[C@@]5(C)CC[C@H](OC(=O)CC[NH+]6CCCCC6)C(C)(C)C5CC[C@]43C)C12.[Cl-].[Cl-]. The van der Waals surface area contributed by atoms with Crippen LogP contribution >= 0.6 is 0 Å². The first-order chi connectivity index (χ1) is 25.2. The van der Waals surface area contributed by atoms with E-state index < -0.39 is 0 Å². The number of likely N-dealkylation sites (tertiary alicyclic amines) is 1. The smallest absolute Gasteiger partial charge is 0.311 e. The van der Waals surface area contributed by atoms with Gasteiger partial charge in [0.2, 0.25) is 0 Å². The molecule has 7 rings (SSSR count). The third-order valence-electron chi connectivity index (χ3n) is 18.7. The first kappa shape index (κ1) is 45.3. The number of piperidine rings is 2. The highest BCUT2D eigenvalue weighted by molar-refractivity contribution is 5.70. The maximum absolute atomic E-state index is 13.3. The van der Waals surface area contributed by atoms with Crippen molar-refractivity contribution in [1.82, 2.24) is 0 Å². The van der Waals surface area contributed by atoms with Gasteiger partial charge in [-0.3, -0.25) is 9.59 Å². The molecule has 0 aromatic heterocycles. The van der Waals surface area contributed by atoms with Crippen LogP contribution in [-0.2, 0) is 19.1 Å². The molecule has 0 bridgehead atoms. The highest BCUT2D eigenvalue weighted by Gasteiger charge is 2.71. The number of hydrogen-bond acceptors (Lipinski definition) is 4. The molecule has 0 aromatic carbocycles. The predicted molar refractivity (Wildman–Crippen MR) is 212 cm³/mol. The lowest BCUT2D eigenvalue weighted by atomic mass is 9.32. The van der Waals surface area contributed by atoms with Crippen molar-refractivity contribution in [2.24, 2.45) is 56.7 Å². The van der Waals surface area contributed by atoms with Crippen LogP contribution in [0.2, 0.25) is 0 Å². The second-order valence-electron chi connectivity index (χ2n) is 21.5. The van der Waals surface area contributed by atoms with Crippen LogP contribution in [0.5, 0.6) is 0 Å². The summed E-state index contributed by atoms with van der Waals surface area (Å²) < 4.78 is 12.8. The molecule has 2 aliphatic heterocycles. The second kappa shape index (κ2) is 17.8. The van der Waals surface area contributed by atoms with Crippen molar-refractivity contribution in [2.75, 3.05) is 32.8 Å². The minimum atomic E-state index is -0.0174. The standard InChI is InChI=1S/C47H78N2O4.2ClH/c1-33(2)35-19-25-47(32-52-40(50)16-13-15-34-14-9-10-28-48-34)27-26-45(6)36(42(35)47)17-18-38-44(5)23-21-39(43(3,4)37(44)20-24-46(38,45)7)53-41(51)22-31-49-29-11-8-12-30-49;;/h34-39,42,48H,1,8-32H2,2-7H3;2*1H/t34?,35-,36?,37?,38?,39-,42?,44-,45+,46+,47+;;/m0../s1. The van der Waals surface area contributed by atoms with E-state index in [-0.39, 0.29) is 69.9 Å². The highest BCUT2D eigenvalue weighted by Crippen LogP contribution is 2.77. The third kappa shape index (κ3) is 8.35. The van der Waals surface area contributed by atoms with E-state index in [0.29, 0.717) is 55.1 Å². The van der Waals surface area contributed by atoms with Gasteiger partial charge in [0.25, 0.3) is 0 Å². The number of nitrogens with two attached hydrogens (primary N) is 1. The van der Waals surface area contributed by atoms with Crippen molar-refractivity contribution in [1.29, 1.82) is 0 Å². The van der Waals surface area contributed by atoms with Crippen molar-refractivity contribution in [3.8, 4) is 0 Å². The molecule has 8 heteroatoms. The number of nitrogens with one attached hydrogen (secondary N) is 1. The zero-order valence-corrected chi connectivity index (χ0v) is 37.4. The van der Waals surface area contributed by atoms with Crippen LogP contribution in [0.15, 0.2) is 12.2 Å². The minimum Gasteiger partial charge on any atom is -1.00 e. The molecule has 3 N–H and O–H groups in total. The average molecular weight is 808 g/mol. The molecule has 2 heterocycles. The molecule has 0 spiro atoms. The zero-order valence-electron chi connectivity index (χ0n) is 35.9. The Morgan fingerprint density at radius 1 is 0.764 bits per heavy atom. The molecule has 6 nitrogen and oxygen atoms in total. The van der Waals surface area contributed by atoms with Crippen LogP contribution < -0.4 is 35.0 Å². The summed E-state index contributed by atoms with van der Waals surface area (Å²) in [6, 6.07) is 0.703. The molecule has 11 atom stereocenters. The van der Waals surface area contributed by atoms with Gasteiger partial charge in [-0.15, -0.1) is 0 Å². The number of esters is 2. The number of carbonyl (C=O) groups excluding carboxylic acids is 2. The van der Waals surface area contributed by atoms with Crippen molar-refractivity contribution in [3.05, 3.63) is 12.2 Å². The molecule has 316 valence electrons. The first-order valence-electron chi connectivity index (χ1n) is 22.9. The van der Waals surface area contributed by atoms with E-state index in [1.165, 1.54) is 122 Å². The van der Waals surface area contributed by atoms with Crippen LogP contribution in [0.1, 0.15) is 170 Å². The van der Waals surface area contributed by atoms with Gasteiger partial charge in [-0.05, 0) is 168 Å². The normalized spacial score (nSPS) is 42.2. The van der Waals surface area contributed by atoms with Crippen LogP contribution in [0, 0.1) is 56.7 Å². The monoisotopic (exact) mass is 807 g/mol.